The standard InChI is InChI=1S/C23H28N2O2/c1-18-7-9-20(10-8-18)23(27)21-12-15-25(16-13-21)17-22(26)24-14-11-19-5-3-2-4-6-19/h2-10,21H,11-17H2,1H3,(H,24,26). The van der Waals surface area contributed by atoms with E-state index in [1.54, 1.807) is 0 Å². The van der Waals surface area contributed by atoms with Gasteiger partial charge >= 0.3 is 0 Å². The van der Waals surface area contributed by atoms with E-state index in [2.05, 4.69) is 22.3 Å². The van der Waals surface area contributed by atoms with Crippen molar-refractivity contribution < 1.29 is 9.59 Å². The second-order valence-electron chi connectivity index (χ2n) is 7.37. The lowest BCUT2D eigenvalue weighted by molar-refractivity contribution is -0.122. The van der Waals surface area contributed by atoms with Crippen LogP contribution >= 0.6 is 0 Å². The van der Waals surface area contributed by atoms with E-state index in [4.69, 9.17) is 0 Å². The molecule has 3 rings (SSSR count). The van der Waals surface area contributed by atoms with Gasteiger partial charge in [-0.2, -0.15) is 0 Å². The van der Waals surface area contributed by atoms with E-state index in [-0.39, 0.29) is 17.6 Å². The summed E-state index contributed by atoms with van der Waals surface area (Å²) >= 11 is 0. The Hall–Kier alpha value is -2.46. The normalized spacial score (nSPS) is 15.4. The number of hydrogen-bond donors (Lipinski definition) is 1. The summed E-state index contributed by atoms with van der Waals surface area (Å²) in [4.78, 5) is 26.9. The molecule has 0 radical (unpaired) electrons. The van der Waals surface area contributed by atoms with Gasteiger partial charge in [-0.25, -0.2) is 0 Å². The molecule has 4 heteroatoms. The van der Waals surface area contributed by atoms with E-state index in [0.717, 1.165) is 37.9 Å². The predicted molar refractivity (Wildman–Crippen MR) is 108 cm³/mol. The minimum atomic E-state index is 0.0641. The number of nitrogens with one attached hydrogen (secondary N) is 1. The average molecular weight is 364 g/mol. The van der Waals surface area contributed by atoms with Crippen molar-refractivity contribution in [1.29, 1.82) is 0 Å². The number of rotatable bonds is 7. The fraction of sp³-hybridized carbons (Fsp3) is 0.391. The Kier molecular flexibility index (Phi) is 6.77. The molecular formula is C23H28N2O2. The van der Waals surface area contributed by atoms with Crippen molar-refractivity contribution in [2.24, 2.45) is 5.92 Å². The monoisotopic (exact) mass is 364 g/mol. The van der Waals surface area contributed by atoms with E-state index >= 15 is 0 Å². The third-order valence-corrected chi connectivity index (χ3v) is 5.24. The SMILES string of the molecule is Cc1ccc(C(=O)C2CCN(CC(=O)NCCc3ccccc3)CC2)cc1. The van der Waals surface area contributed by atoms with Crippen LogP contribution in [0.2, 0.25) is 0 Å². The number of ketones is 1. The van der Waals surface area contributed by atoms with Crippen LogP contribution in [0.1, 0.15) is 34.3 Å². The number of benzene rings is 2. The summed E-state index contributed by atoms with van der Waals surface area (Å²) in [6, 6.07) is 18.0. The average Bonchev–Trinajstić information content (AvgIpc) is 2.69. The van der Waals surface area contributed by atoms with Crippen LogP contribution in [0.3, 0.4) is 0 Å². The van der Waals surface area contributed by atoms with Gasteiger partial charge < -0.3 is 5.32 Å². The molecule has 0 bridgehead atoms. The van der Waals surface area contributed by atoms with Gasteiger partial charge in [-0.1, -0.05) is 60.2 Å². The molecule has 1 amide bonds. The summed E-state index contributed by atoms with van der Waals surface area (Å²) in [5.74, 6) is 0.376. The highest BCUT2D eigenvalue weighted by atomic mass is 16.2. The van der Waals surface area contributed by atoms with Crippen LogP contribution in [0.15, 0.2) is 54.6 Å². The number of likely N-dealkylation sites (tertiary alicyclic amines) is 1. The summed E-state index contributed by atoms with van der Waals surface area (Å²) in [6.45, 7) is 4.70. The van der Waals surface area contributed by atoms with Crippen LogP contribution in [0.4, 0.5) is 0 Å². The van der Waals surface area contributed by atoms with Crippen molar-refractivity contribution in [3.8, 4) is 0 Å². The van der Waals surface area contributed by atoms with Crippen LogP contribution in [-0.2, 0) is 11.2 Å². The smallest absolute Gasteiger partial charge is 0.234 e. The van der Waals surface area contributed by atoms with Gasteiger partial charge in [0.05, 0.1) is 6.54 Å². The first-order valence-corrected chi connectivity index (χ1v) is 9.75. The Bertz CT molecular complexity index is 748. The Morgan fingerprint density at radius 3 is 2.33 bits per heavy atom. The number of hydrogen-bond acceptors (Lipinski definition) is 3. The molecule has 1 aliphatic heterocycles. The van der Waals surface area contributed by atoms with Gasteiger partial charge in [0.1, 0.15) is 0 Å². The van der Waals surface area contributed by atoms with Crippen LogP contribution in [-0.4, -0.2) is 42.8 Å². The molecule has 0 atom stereocenters. The Labute approximate surface area is 161 Å². The van der Waals surface area contributed by atoms with E-state index in [1.165, 1.54) is 11.1 Å². The van der Waals surface area contributed by atoms with Crippen LogP contribution in [0, 0.1) is 12.8 Å². The van der Waals surface area contributed by atoms with Gasteiger partial charge in [0.2, 0.25) is 5.91 Å². The zero-order valence-electron chi connectivity index (χ0n) is 16.0. The first kappa shape index (κ1) is 19.3. The summed E-state index contributed by atoms with van der Waals surface area (Å²) < 4.78 is 0. The summed E-state index contributed by atoms with van der Waals surface area (Å²) in [5.41, 5.74) is 3.20. The molecule has 4 nitrogen and oxygen atoms in total. The van der Waals surface area contributed by atoms with Crippen LogP contribution < -0.4 is 5.32 Å². The molecule has 0 saturated carbocycles. The molecular weight excluding hydrogens is 336 g/mol. The highest BCUT2D eigenvalue weighted by Crippen LogP contribution is 2.22. The van der Waals surface area contributed by atoms with Crippen molar-refractivity contribution in [3.05, 3.63) is 71.3 Å². The zero-order chi connectivity index (χ0) is 19.1. The van der Waals surface area contributed by atoms with E-state index in [9.17, 15) is 9.59 Å². The number of Topliss-reactive ketones (excluding diaryl/α,β-unsaturated/α-hetero) is 1. The number of amides is 1. The number of piperidine rings is 1. The van der Waals surface area contributed by atoms with Crippen molar-refractivity contribution in [2.45, 2.75) is 26.2 Å². The first-order chi connectivity index (χ1) is 13.1. The first-order valence-electron chi connectivity index (χ1n) is 9.75. The van der Waals surface area contributed by atoms with Crippen molar-refractivity contribution in [2.75, 3.05) is 26.2 Å². The summed E-state index contributed by atoms with van der Waals surface area (Å²) in [5, 5.41) is 3.00. The topological polar surface area (TPSA) is 49.4 Å². The Balaban J connectivity index is 1.38. The van der Waals surface area contributed by atoms with Gasteiger partial charge in [-0.15, -0.1) is 0 Å². The van der Waals surface area contributed by atoms with Crippen LogP contribution in [0.5, 0.6) is 0 Å². The molecule has 0 aliphatic carbocycles. The molecule has 0 aromatic heterocycles. The van der Waals surface area contributed by atoms with Gasteiger partial charge in [0.15, 0.2) is 5.78 Å². The van der Waals surface area contributed by atoms with Gasteiger partial charge in [0, 0.05) is 18.0 Å². The fourth-order valence-corrected chi connectivity index (χ4v) is 3.56. The highest BCUT2D eigenvalue weighted by molar-refractivity contribution is 5.97. The third-order valence-electron chi connectivity index (χ3n) is 5.24. The van der Waals surface area contributed by atoms with Crippen molar-refractivity contribution in [3.63, 3.8) is 0 Å². The molecule has 142 valence electrons. The Morgan fingerprint density at radius 2 is 1.67 bits per heavy atom. The Morgan fingerprint density at radius 1 is 1.00 bits per heavy atom. The molecule has 1 N–H and O–H groups in total. The molecule has 2 aromatic rings. The lowest BCUT2D eigenvalue weighted by atomic mass is 9.88. The number of carbonyl (C=O) groups is 2. The molecule has 27 heavy (non-hydrogen) atoms. The van der Waals surface area contributed by atoms with E-state index < -0.39 is 0 Å². The minimum absolute atomic E-state index is 0.0641. The van der Waals surface area contributed by atoms with E-state index in [1.807, 2.05) is 49.4 Å². The van der Waals surface area contributed by atoms with Gasteiger partial charge in [0.25, 0.3) is 0 Å². The number of carbonyl (C=O) groups excluding carboxylic acids is 2. The van der Waals surface area contributed by atoms with Crippen molar-refractivity contribution in [1.82, 2.24) is 10.2 Å². The van der Waals surface area contributed by atoms with E-state index in [0.29, 0.717) is 13.1 Å². The maximum absolute atomic E-state index is 12.6. The molecule has 1 saturated heterocycles. The molecule has 1 heterocycles. The van der Waals surface area contributed by atoms with Crippen LogP contribution in [0.25, 0.3) is 0 Å². The second-order valence-corrected chi connectivity index (χ2v) is 7.37. The summed E-state index contributed by atoms with van der Waals surface area (Å²) in [6.07, 6.45) is 2.49. The molecule has 0 unspecified atom stereocenters. The molecule has 2 aromatic carbocycles. The zero-order valence-corrected chi connectivity index (χ0v) is 16.0. The molecule has 1 aliphatic rings. The van der Waals surface area contributed by atoms with Crippen molar-refractivity contribution >= 4 is 11.7 Å². The predicted octanol–water partition coefficient (Wildman–Crippen LogP) is 3.25. The number of aryl methyl sites for hydroxylation is 1. The maximum Gasteiger partial charge on any atom is 0.234 e. The molecule has 0 spiro atoms. The third kappa shape index (κ3) is 5.76. The van der Waals surface area contributed by atoms with Gasteiger partial charge in [-0.05, 0) is 44.8 Å². The molecule has 1 fully saturated rings. The quantitative estimate of drug-likeness (QED) is 0.767. The second kappa shape index (κ2) is 9.47. The van der Waals surface area contributed by atoms with Gasteiger partial charge in [-0.3, -0.25) is 14.5 Å². The summed E-state index contributed by atoms with van der Waals surface area (Å²) in [7, 11) is 0. The highest BCUT2D eigenvalue weighted by Gasteiger charge is 2.26. The largest absolute Gasteiger partial charge is 0.355 e. The minimum Gasteiger partial charge on any atom is -0.355 e. The lowest BCUT2D eigenvalue weighted by Gasteiger charge is -2.30. The maximum atomic E-state index is 12.6. The number of nitrogens with zero attached hydrogens (tertiary/aromatic N) is 1. The lowest BCUT2D eigenvalue weighted by Crippen LogP contribution is -2.43. The fourth-order valence-electron chi connectivity index (χ4n) is 3.56.